The van der Waals surface area contributed by atoms with E-state index in [0.29, 0.717) is 0 Å². The Morgan fingerprint density at radius 3 is 1.47 bits per heavy atom. The SMILES string of the molecule is CC(C)CC(=O)OC[C@H]1O[C@@H](OC(=O)CC(C)C)[C@H](OC(=O)CC(C)C)[C@@H](OC(=O)CC(C)C)[C@@H]1O. The first-order valence-electron chi connectivity index (χ1n) is 12.8. The fraction of sp³-hybridized carbons (Fsp3) is 0.846. The van der Waals surface area contributed by atoms with Gasteiger partial charge in [-0.1, -0.05) is 55.4 Å². The van der Waals surface area contributed by atoms with E-state index in [9.17, 15) is 24.3 Å². The molecule has 1 aliphatic heterocycles. The molecule has 0 amide bonds. The van der Waals surface area contributed by atoms with Gasteiger partial charge in [-0.2, -0.15) is 0 Å². The zero-order valence-electron chi connectivity index (χ0n) is 22.9. The Morgan fingerprint density at radius 1 is 0.639 bits per heavy atom. The van der Waals surface area contributed by atoms with Crippen LogP contribution in [0.4, 0.5) is 0 Å². The second-order valence-electron chi connectivity index (χ2n) is 11.0. The van der Waals surface area contributed by atoms with Crippen molar-refractivity contribution in [1.82, 2.24) is 0 Å². The van der Waals surface area contributed by atoms with Crippen LogP contribution < -0.4 is 0 Å². The summed E-state index contributed by atoms with van der Waals surface area (Å²) in [5, 5.41) is 11.0. The molecule has 1 rings (SSSR count). The molecule has 0 radical (unpaired) electrons. The molecular weight excluding hydrogens is 472 g/mol. The van der Waals surface area contributed by atoms with Gasteiger partial charge >= 0.3 is 23.9 Å². The molecule has 1 aliphatic rings. The number of hydrogen-bond donors (Lipinski definition) is 1. The Balaban J connectivity index is 3.24. The van der Waals surface area contributed by atoms with E-state index in [0.717, 1.165) is 0 Å². The summed E-state index contributed by atoms with van der Waals surface area (Å²) in [6.45, 7) is 14.3. The van der Waals surface area contributed by atoms with Crippen molar-refractivity contribution in [3.63, 3.8) is 0 Å². The smallest absolute Gasteiger partial charge is 0.308 e. The van der Waals surface area contributed by atoms with E-state index in [1.165, 1.54) is 0 Å². The summed E-state index contributed by atoms with van der Waals surface area (Å²) in [5.41, 5.74) is 0. The molecule has 0 aromatic carbocycles. The monoisotopic (exact) mass is 516 g/mol. The lowest BCUT2D eigenvalue weighted by Gasteiger charge is -2.42. The van der Waals surface area contributed by atoms with Crippen molar-refractivity contribution in [3.8, 4) is 0 Å². The van der Waals surface area contributed by atoms with Crippen LogP contribution >= 0.6 is 0 Å². The maximum atomic E-state index is 12.5. The van der Waals surface area contributed by atoms with E-state index in [4.69, 9.17) is 23.7 Å². The number of esters is 4. The van der Waals surface area contributed by atoms with Crippen LogP contribution in [-0.4, -0.2) is 66.3 Å². The summed E-state index contributed by atoms with van der Waals surface area (Å²) < 4.78 is 27.6. The molecule has 10 heteroatoms. The zero-order valence-corrected chi connectivity index (χ0v) is 22.9. The van der Waals surface area contributed by atoms with E-state index in [1.807, 2.05) is 55.4 Å². The molecule has 0 aliphatic carbocycles. The van der Waals surface area contributed by atoms with E-state index >= 15 is 0 Å². The third kappa shape index (κ3) is 11.7. The number of aliphatic hydroxyl groups excluding tert-OH is 1. The molecule has 1 N–H and O–H groups in total. The van der Waals surface area contributed by atoms with Crippen LogP contribution in [0.5, 0.6) is 0 Å². The molecule has 1 fully saturated rings. The minimum absolute atomic E-state index is 0.0129. The Morgan fingerprint density at radius 2 is 1.03 bits per heavy atom. The lowest BCUT2D eigenvalue weighted by molar-refractivity contribution is -0.299. The summed E-state index contributed by atoms with van der Waals surface area (Å²) >= 11 is 0. The summed E-state index contributed by atoms with van der Waals surface area (Å²) in [7, 11) is 0. The van der Waals surface area contributed by atoms with Crippen LogP contribution in [0.1, 0.15) is 81.1 Å². The average Bonchev–Trinajstić information content (AvgIpc) is 2.69. The Kier molecular flexibility index (Phi) is 13.4. The van der Waals surface area contributed by atoms with E-state index in [-0.39, 0.29) is 56.0 Å². The van der Waals surface area contributed by atoms with Gasteiger partial charge in [0.1, 0.15) is 18.8 Å². The van der Waals surface area contributed by atoms with Crippen molar-refractivity contribution in [3.05, 3.63) is 0 Å². The summed E-state index contributed by atoms with van der Waals surface area (Å²) in [6, 6.07) is 0. The predicted molar refractivity (Wildman–Crippen MR) is 129 cm³/mol. The topological polar surface area (TPSA) is 135 Å². The van der Waals surface area contributed by atoms with Crippen molar-refractivity contribution in [2.45, 2.75) is 112 Å². The lowest BCUT2D eigenvalue weighted by Crippen LogP contribution is -2.62. The summed E-state index contributed by atoms with van der Waals surface area (Å²) in [6.07, 6.45) is -6.61. The largest absolute Gasteiger partial charge is 0.463 e. The van der Waals surface area contributed by atoms with E-state index in [2.05, 4.69) is 0 Å². The first kappa shape index (κ1) is 31.8. The molecule has 0 saturated carbocycles. The van der Waals surface area contributed by atoms with Gasteiger partial charge < -0.3 is 28.8 Å². The minimum Gasteiger partial charge on any atom is -0.463 e. The van der Waals surface area contributed by atoms with Gasteiger partial charge in [0.25, 0.3) is 0 Å². The predicted octanol–water partition coefficient (Wildman–Crippen LogP) is 3.17. The van der Waals surface area contributed by atoms with Crippen LogP contribution in [-0.2, 0) is 42.9 Å². The van der Waals surface area contributed by atoms with Crippen molar-refractivity contribution < 1.29 is 48.0 Å². The minimum atomic E-state index is -1.51. The number of ether oxygens (including phenoxy) is 5. The molecule has 208 valence electrons. The highest BCUT2D eigenvalue weighted by Crippen LogP contribution is 2.29. The van der Waals surface area contributed by atoms with Crippen molar-refractivity contribution in [2.24, 2.45) is 23.7 Å². The summed E-state index contributed by atoms with van der Waals surface area (Å²) in [5.74, 6) is -2.35. The van der Waals surface area contributed by atoms with Crippen molar-refractivity contribution in [1.29, 1.82) is 0 Å². The van der Waals surface area contributed by atoms with Crippen LogP contribution in [0.3, 0.4) is 0 Å². The molecule has 0 spiro atoms. The fourth-order valence-corrected chi connectivity index (χ4v) is 3.53. The number of hydrogen-bond acceptors (Lipinski definition) is 10. The van der Waals surface area contributed by atoms with Gasteiger partial charge in [0.05, 0.1) is 0 Å². The van der Waals surface area contributed by atoms with Gasteiger partial charge in [-0.15, -0.1) is 0 Å². The van der Waals surface area contributed by atoms with Crippen LogP contribution in [0.2, 0.25) is 0 Å². The van der Waals surface area contributed by atoms with E-state index < -0.39 is 54.6 Å². The Bertz CT molecular complexity index is 730. The highest BCUT2D eigenvalue weighted by molar-refractivity contribution is 5.72. The van der Waals surface area contributed by atoms with Gasteiger partial charge in [-0.25, -0.2) is 0 Å². The molecule has 36 heavy (non-hydrogen) atoms. The van der Waals surface area contributed by atoms with Gasteiger partial charge in [-0.05, 0) is 23.7 Å². The van der Waals surface area contributed by atoms with Gasteiger partial charge in [-0.3, -0.25) is 19.2 Å². The first-order valence-corrected chi connectivity index (χ1v) is 12.8. The zero-order chi connectivity index (χ0) is 27.6. The van der Waals surface area contributed by atoms with Crippen LogP contribution in [0.15, 0.2) is 0 Å². The molecule has 0 aromatic rings. The summed E-state index contributed by atoms with van der Waals surface area (Å²) in [4.78, 5) is 49.6. The van der Waals surface area contributed by atoms with Gasteiger partial charge in [0.15, 0.2) is 6.10 Å². The second kappa shape index (κ2) is 15.1. The fourth-order valence-electron chi connectivity index (χ4n) is 3.53. The van der Waals surface area contributed by atoms with Crippen molar-refractivity contribution in [2.75, 3.05) is 6.61 Å². The number of rotatable bonds is 13. The van der Waals surface area contributed by atoms with Crippen LogP contribution in [0, 0.1) is 23.7 Å². The van der Waals surface area contributed by atoms with Crippen LogP contribution in [0.25, 0.3) is 0 Å². The molecule has 1 saturated heterocycles. The van der Waals surface area contributed by atoms with E-state index in [1.54, 1.807) is 0 Å². The highest BCUT2D eigenvalue weighted by Gasteiger charge is 2.52. The first-order chi connectivity index (χ1) is 16.7. The average molecular weight is 517 g/mol. The Labute approximate surface area is 214 Å². The van der Waals surface area contributed by atoms with Gasteiger partial charge in [0, 0.05) is 25.7 Å². The third-order valence-corrected chi connectivity index (χ3v) is 5.11. The molecular formula is C26H44O10. The van der Waals surface area contributed by atoms with Gasteiger partial charge in [0.2, 0.25) is 12.4 Å². The highest BCUT2D eigenvalue weighted by atomic mass is 16.7. The molecule has 10 nitrogen and oxygen atoms in total. The maximum Gasteiger partial charge on any atom is 0.308 e. The molecule has 0 aromatic heterocycles. The third-order valence-electron chi connectivity index (χ3n) is 5.11. The molecule has 0 unspecified atom stereocenters. The number of carbonyl (C=O) groups is 4. The normalized spacial score (nSPS) is 24.2. The molecule has 5 atom stereocenters. The van der Waals surface area contributed by atoms with Crippen molar-refractivity contribution >= 4 is 23.9 Å². The standard InChI is InChI=1S/C26H44O10/c1-14(2)9-19(27)32-13-18-23(31)24(34-20(28)10-15(3)4)25(35-21(29)11-16(5)6)26(33-18)36-22(30)12-17(7)8/h14-18,23-26,31H,9-13H2,1-8H3/t18-,23-,24+,25-,26+/m1/s1. The Hall–Kier alpha value is -2.20. The number of aliphatic hydroxyl groups is 1. The number of carbonyl (C=O) groups excluding carboxylic acids is 4. The quantitative estimate of drug-likeness (QED) is 0.287. The molecule has 1 heterocycles. The molecule has 0 bridgehead atoms. The maximum absolute atomic E-state index is 12.5. The second-order valence-corrected chi connectivity index (χ2v) is 11.0. The lowest BCUT2D eigenvalue weighted by atomic mass is 9.98.